The number of rotatable bonds is 4. The van der Waals surface area contributed by atoms with E-state index in [0.29, 0.717) is 11.8 Å². The number of furan rings is 1. The second-order valence-electron chi connectivity index (χ2n) is 18.0. The maximum absolute atomic E-state index is 7.02. The van der Waals surface area contributed by atoms with Crippen molar-refractivity contribution in [2.45, 2.75) is 24.3 Å². The van der Waals surface area contributed by atoms with Crippen molar-refractivity contribution in [2.24, 2.45) is 0 Å². The van der Waals surface area contributed by atoms with Crippen LogP contribution in [0.4, 0.5) is 22.7 Å². The molecule has 9 aromatic carbocycles. The molecule has 0 spiro atoms. The predicted molar refractivity (Wildman–Crippen MR) is 268 cm³/mol. The summed E-state index contributed by atoms with van der Waals surface area (Å²) in [5, 5.41) is 7.17. The van der Waals surface area contributed by atoms with Gasteiger partial charge < -0.3 is 23.4 Å². The fraction of sp³-hybridized carbons (Fsp3) is 0.0667. The molecule has 5 heteroatoms. The number of para-hydroxylation sites is 7. The van der Waals surface area contributed by atoms with Gasteiger partial charge in [-0.05, 0) is 109 Å². The van der Waals surface area contributed by atoms with E-state index >= 15 is 0 Å². The molecule has 0 radical (unpaired) electrons. The largest absolute Gasteiger partial charge is 0.454 e. The van der Waals surface area contributed by atoms with Gasteiger partial charge in [0.15, 0.2) is 5.58 Å². The molecule has 3 aliphatic rings. The molecule has 2 aliphatic heterocycles. The zero-order chi connectivity index (χ0) is 42.3. The lowest BCUT2D eigenvalue weighted by Crippen LogP contribution is -2.34. The molecule has 1 aliphatic carbocycles. The summed E-state index contributed by atoms with van der Waals surface area (Å²) in [7, 11) is 0. The van der Waals surface area contributed by atoms with Crippen LogP contribution in [0.25, 0.3) is 76.9 Å². The Hall–Kier alpha value is -8.28. The van der Waals surface area contributed by atoms with Crippen LogP contribution in [0.1, 0.15) is 29.4 Å². The van der Waals surface area contributed by atoms with Crippen LogP contribution >= 0.6 is 0 Å². The molecule has 3 unspecified atom stereocenters. The van der Waals surface area contributed by atoms with Crippen LogP contribution in [-0.2, 0) is 0 Å². The van der Waals surface area contributed by atoms with E-state index in [9.17, 15) is 0 Å². The van der Waals surface area contributed by atoms with Crippen LogP contribution in [0.5, 0.6) is 0 Å². The highest BCUT2D eigenvalue weighted by atomic mass is 16.3. The van der Waals surface area contributed by atoms with Crippen molar-refractivity contribution in [3.63, 3.8) is 0 Å². The third-order valence-corrected chi connectivity index (χ3v) is 14.8. The average Bonchev–Trinajstić information content (AvgIpc) is 4.16. The summed E-state index contributed by atoms with van der Waals surface area (Å²) >= 11 is 0. The molecule has 306 valence electrons. The molecule has 5 heterocycles. The third kappa shape index (κ3) is 4.82. The predicted octanol–water partition coefficient (Wildman–Crippen LogP) is 15.6. The smallest absolute Gasteiger partial charge is 0.159 e. The van der Waals surface area contributed by atoms with Crippen LogP contribution in [0.2, 0.25) is 0 Å². The first-order valence-corrected chi connectivity index (χ1v) is 22.8. The van der Waals surface area contributed by atoms with Gasteiger partial charge in [-0.15, -0.1) is 0 Å². The quantitative estimate of drug-likeness (QED) is 0.177. The third-order valence-electron chi connectivity index (χ3n) is 14.8. The number of hydrogen-bond donors (Lipinski definition) is 0. The van der Waals surface area contributed by atoms with Gasteiger partial charge >= 0.3 is 0 Å². The first-order chi connectivity index (χ1) is 32.3. The fourth-order valence-electron chi connectivity index (χ4n) is 12.1. The van der Waals surface area contributed by atoms with Crippen molar-refractivity contribution in [1.29, 1.82) is 0 Å². The van der Waals surface area contributed by atoms with Crippen molar-refractivity contribution < 1.29 is 4.42 Å². The molecule has 65 heavy (non-hydrogen) atoms. The Bertz CT molecular complexity index is 3970. The second-order valence-corrected chi connectivity index (χ2v) is 18.0. The van der Waals surface area contributed by atoms with E-state index in [-0.39, 0.29) is 6.04 Å². The van der Waals surface area contributed by atoms with Gasteiger partial charge in [-0.3, -0.25) is 0 Å². The van der Waals surface area contributed by atoms with Crippen LogP contribution in [0, 0.1) is 0 Å². The molecular formula is C60H40N4O. The molecule has 3 atom stereocenters. The van der Waals surface area contributed by atoms with E-state index < -0.39 is 0 Å². The van der Waals surface area contributed by atoms with Crippen LogP contribution in [-0.4, -0.2) is 15.2 Å². The summed E-state index contributed by atoms with van der Waals surface area (Å²) in [5.41, 5.74) is 17.8. The Morgan fingerprint density at radius 2 is 1.02 bits per heavy atom. The number of anilines is 4. The second kappa shape index (κ2) is 13.1. The topological polar surface area (TPSA) is 29.5 Å². The maximum atomic E-state index is 7.02. The number of allylic oxidation sites excluding steroid dienone is 1. The zero-order valence-electron chi connectivity index (χ0n) is 35.3. The molecule has 0 amide bonds. The van der Waals surface area contributed by atoms with E-state index in [4.69, 9.17) is 4.42 Å². The zero-order valence-corrected chi connectivity index (χ0v) is 35.3. The number of benzene rings is 9. The molecule has 3 aromatic heterocycles. The van der Waals surface area contributed by atoms with Crippen molar-refractivity contribution in [2.75, 3.05) is 9.80 Å². The summed E-state index contributed by atoms with van der Waals surface area (Å²) < 4.78 is 11.8. The van der Waals surface area contributed by atoms with Crippen LogP contribution < -0.4 is 9.80 Å². The van der Waals surface area contributed by atoms with Gasteiger partial charge in [0.25, 0.3) is 0 Å². The normalized spacial score (nSPS) is 17.7. The van der Waals surface area contributed by atoms with Gasteiger partial charge in [-0.25, -0.2) is 0 Å². The highest BCUT2D eigenvalue weighted by molar-refractivity contribution is 6.20. The Labute approximate surface area is 374 Å². The van der Waals surface area contributed by atoms with E-state index in [1.54, 1.807) is 0 Å². The molecule has 5 nitrogen and oxygen atoms in total. The van der Waals surface area contributed by atoms with Gasteiger partial charge in [-0.2, -0.15) is 0 Å². The lowest BCUT2D eigenvalue weighted by molar-refractivity contribution is 0.520. The minimum absolute atomic E-state index is 0.159. The van der Waals surface area contributed by atoms with E-state index in [1.807, 2.05) is 0 Å². The molecule has 0 saturated carbocycles. The van der Waals surface area contributed by atoms with Gasteiger partial charge in [0.05, 0.1) is 33.8 Å². The molecule has 0 saturated heterocycles. The van der Waals surface area contributed by atoms with E-state index in [0.717, 1.165) is 50.8 Å². The standard InChI is InChI=1S/C60H40N4O/c1-3-16-37(17-4-1)61-50-25-11-7-20-40(50)45-33-47-42-22-9-13-27-52(42)63(57(47)35-55(45)61)39-30-31-59-49(32-39)44-24-15-29-54(60(44)65-59)64-53-28-14-10-23-43(53)48-34-46-41-21-8-12-26-51(41)62(56(46)36-58(48)64)38-18-5-2-6-19-38/h1-32,34-36,45,47,57H,33H2. The molecule has 0 N–H and O–H groups in total. The molecular weight excluding hydrogens is 793 g/mol. The summed E-state index contributed by atoms with van der Waals surface area (Å²) in [6.07, 6.45) is 3.64. The highest BCUT2D eigenvalue weighted by Crippen LogP contribution is 2.59. The minimum atomic E-state index is 0.159. The Morgan fingerprint density at radius 1 is 0.400 bits per heavy atom. The summed E-state index contributed by atoms with van der Waals surface area (Å²) in [5.74, 6) is 0.688. The first kappa shape index (κ1) is 35.2. The summed E-state index contributed by atoms with van der Waals surface area (Å²) in [4.78, 5) is 5.11. The van der Waals surface area contributed by atoms with Crippen molar-refractivity contribution >= 4 is 88.3 Å². The van der Waals surface area contributed by atoms with Crippen molar-refractivity contribution in [3.8, 4) is 11.4 Å². The number of nitrogens with zero attached hydrogens (tertiary/aromatic N) is 4. The molecule has 12 aromatic rings. The van der Waals surface area contributed by atoms with E-state index in [1.165, 1.54) is 72.2 Å². The van der Waals surface area contributed by atoms with Crippen molar-refractivity contribution in [3.05, 3.63) is 229 Å². The molecule has 0 bridgehead atoms. The fourth-order valence-corrected chi connectivity index (χ4v) is 12.1. The van der Waals surface area contributed by atoms with Crippen LogP contribution in [0.15, 0.2) is 222 Å². The van der Waals surface area contributed by atoms with Gasteiger partial charge in [0.1, 0.15) is 5.58 Å². The SMILES string of the molecule is C1=C2C(CC3c4ccccc4N(c4ccc5oc6c(-n7c8ccccc8c8cc9c%10ccccc%10n(-c%10ccccc%10)c9cc87)cccc6c5c4)C13)c1ccccc1N2c1ccccc1. The monoisotopic (exact) mass is 832 g/mol. The summed E-state index contributed by atoms with van der Waals surface area (Å²) in [6.45, 7) is 0. The van der Waals surface area contributed by atoms with Crippen LogP contribution in [0.3, 0.4) is 0 Å². The van der Waals surface area contributed by atoms with Gasteiger partial charge in [0.2, 0.25) is 0 Å². The summed E-state index contributed by atoms with van der Waals surface area (Å²) in [6, 6.07) is 75.7. The Morgan fingerprint density at radius 3 is 1.80 bits per heavy atom. The molecule has 0 fully saturated rings. The number of hydrogen-bond acceptors (Lipinski definition) is 3. The lowest BCUT2D eigenvalue weighted by atomic mass is 9.77. The first-order valence-electron chi connectivity index (χ1n) is 22.8. The highest BCUT2D eigenvalue weighted by Gasteiger charge is 2.47. The maximum Gasteiger partial charge on any atom is 0.159 e. The van der Waals surface area contributed by atoms with Gasteiger partial charge in [0, 0.05) is 78.3 Å². The lowest BCUT2D eigenvalue weighted by Gasteiger charge is -2.36. The number of fused-ring (bicyclic) bond motifs is 15. The Kier molecular flexibility index (Phi) is 7.11. The Balaban J connectivity index is 0.917. The van der Waals surface area contributed by atoms with E-state index in [2.05, 4.69) is 231 Å². The number of aromatic nitrogens is 2. The van der Waals surface area contributed by atoms with Gasteiger partial charge in [-0.1, -0.05) is 121 Å². The molecule has 15 rings (SSSR count). The average molecular weight is 833 g/mol. The minimum Gasteiger partial charge on any atom is -0.454 e. The van der Waals surface area contributed by atoms with Crippen molar-refractivity contribution in [1.82, 2.24) is 9.13 Å².